The third-order valence-corrected chi connectivity index (χ3v) is 13.6. The molecular weight excluding hydrogens is 819 g/mol. The van der Waals surface area contributed by atoms with E-state index in [1.165, 1.54) is 26.0 Å². The predicted octanol–water partition coefficient (Wildman–Crippen LogP) is 3.96. The zero-order chi connectivity index (χ0) is 45.6. The van der Waals surface area contributed by atoms with E-state index < -0.39 is 113 Å². The van der Waals surface area contributed by atoms with E-state index in [0.717, 1.165) is 14.0 Å². The Bertz CT molecular complexity index is 2300. The van der Waals surface area contributed by atoms with Crippen molar-refractivity contribution in [3.63, 3.8) is 0 Å². The molecule has 2 saturated carbocycles. The Morgan fingerprint density at radius 3 is 2.00 bits per heavy atom. The van der Waals surface area contributed by atoms with Crippen LogP contribution in [0.15, 0.2) is 102 Å². The molecule has 3 aliphatic carbocycles. The molecule has 1 heterocycles. The van der Waals surface area contributed by atoms with Gasteiger partial charge in [-0.2, -0.15) is 0 Å². The highest BCUT2D eigenvalue weighted by atomic mass is 16.8. The quantitative estimate of drug-likeness (QED) is 0.128. The smallest absolute Gasteiger partial charge is 0.456 e. The zero-order valence-corrected chi connectivity index (χ0v) is 35.6. The van der Waals surface area contributed by atoms with E-state index >= 15 is 4.79 Å². The first-order chi connectivity index (χ1) is 29.8. The summed E-state index contributed by atoms with van der Waals surface area (Å²) in [5.41, 5.74) is -7.35. The van der Waals surface area contributed by atoms with Crippen molar-refractivity contribution < 1.29 is 72.5 Å². The van der Waals surface area contributed by atoms with Crippen molar-refractivity contribution in [2.45, 2.75) is 101 Å². The van der Waals surface area contributed by atoms with E-state index in [1.807, 2.05) is 0 Å². The lowest BCUT2D eigenvalue weighted by molar-refractivity contribution is -0.344. The van der Waals surface area contributed by atoms with Crippen LogP contribution >= 0.6 is 0 Å². The minimum Gasteiger partial charge on any atom is -0.456 e. The average molecular weight is 870 g/mol. The maximum absolute atomic E-state index is 15.5. The Hall–Kier alpha value is -5.94. The number of nitrogens with one attached hydrogen (secondary N) is 1. The van der Waals surface area contributed by atoms with Crippen LogP contribution in [0, 0.1) is 16.7 Å². The van der Waals surface area contributed by atoms with Crippen molar-refractivity contribution in [2.75, 3.05) is 13.7 Å². The summed E-state index contributed by atoms with van der Waals surface area (Å²) in [6.45, 7) is 6.66. The fourth-order valence-electron chi connectivity index (χ4n) is 10.1. The molecule has 16 nitrogen and oxygen atoms in total. The van der Waals surface area contributed by atoms with E-state index in [0.29, 0.717) is 5.56 Å². The van der Waals surface area contributed by atoms with Gasteiger partial charge in [-0.15, -0.1) is 0 Å². The summed E-state index contributed by atoms with van der Waals surface area (Å²) in [7, 11) is 1.07. The number of aliphatic hydroxyl groups is 3. The molecule has 0 radical (unpaired) electrons. The van der Waals surface area contributed by atoms with Gasteiger partial charge in [0.05, 0.1) is 42.8 Å². The van der Waals surface area contributed by atoms with Gasteiger partial charge in [-0.1, -0.05) is 80.6 Å². The van der Waals surface area contributed by atoms with Gasteiger partial charge in [0.1, 0.15) is 23.9 Å². The number of amides is 1. The Kier molecular flexibility index (Phi) is 12.2. The summed E-state index contributed by atoms with van der Waals surface area (Å²) in [5.74, 6) is -6.24. The molecule has 1 aliphatic heterocycles. The number of hydrogen-bond donors (Lipinski definition) is 4. The molecule has 334 valence electrons. The summed E-state index contributed by atoms with van der Waals surface area (Å²) in [5, 5.41) is 40.3. The number of benzene rings is 3. The molecule has 16 heteroatoms. The normalized spacial score (nSPS) is 31.5. The number of esters is 3. The molecule has 0 aromatic heterocycles. The predicted molar refractivity (Wildman–Crippen MR) is 219 cm³/mol. The van der Waals surface area contributed by atoms with Crippen molar-refractivity contribution in [1.82, 2.24) is 5.32 Å². The van der Waals surface area contributed by atoms with E-state index in [1.54, 1.807) is 92.7 Å². The molecule has 0 spiro atoms. The van der Waals surface area contributed by atoms with Crippen LogP contribution in [0.4, 0.5) is 4.79 Å². The molecule has 4 aliphatic rings. The minimum atomic E-state index is -2.43. The van der Waals surface area contributed by atoms with Crippen molar-refractivity contribution >= 4 is 35.8 Å². The number of carbonyl (C=O) groups is 6. The Balaban J connectivity index is 1.39. The molecule has 2 unspecified atom stereocenters. The summed E-state index contributed by atoms with van der Waals surface area (Å²) in [6, 6.07) is 22.8. The maximum Gasteiger partial charge on any atom is 0.508 e. The van der Waals surface area contributed by atoms with Gasteiger partial charge in [0.2, 0.25) is 0 Å². The van der Waals surface area contributed by atoms with Crippen LogP contribution in [-0.4, -0.2) is 113 Å². The second kappa shape index (κ2) is 17.0. The Morgan fingerprint density at radius 2 is 1.44 bits per heavy atom. The van der Waals surface area contributed by atoms with Crippen LogP contribution in [0.3, 0.4) is 0 Å². The lowest BCUT2D eigenvalue weighted by atomic mass is 9.44. The van der Waals surface area contributed by atoms with Crippen LogP contribution in [-0.2, 0) is 42.8 Å². The molecule has 2 bridgehead atoms. The lowest BCUT2D eigenvalue weighted by Gasteiger charge is -2.67. The Morgan fingerprint density at radius 1 is 0.857 bits per heavy atom. The number of hydrogen-bond acceptors (Lipinski definition) is 15. The molecule has 1 amide bonds. The highest BCUT2D eigenvalue weighted by Gasteiger charge is 2.78. The van der Waals surface area contributed by atoms with Gasteiger partial charge in [-0.3, -0.25) is 14.4 Å². The first-order valence-electron chi connectivity index (χ1n) is 20.6. The number of ether oxygens (including phenoxy) is 6. The molecular formula is C47H51NO15. The van der Waals surface area contributed by atoms with Crippen molar-refractivity contribution in [3.05, 3.63) is 119 Å². The second-order valence-corrected chi connectivity index (χ2v) is 17.3. The standard InChI is InChI=1S/C47H51NO15/c1-25-30(61-42(55)35(51)34(27-16-10-7-11-17-27)48-40(53)28-18-12-8-13-19-28)23-47(57)39(62-41(54)29-20-14-9-15-21-29)37-45(5,38(52)36(60-26(2)49)33(25)44(47,3)4)31(50)22-32-46(37,24-59-32)63-43(56)58-6/h7-21,30-32,34-37,39,50-51,57H,22-24H2,1-6H3,(H,48,53)/t30-,31-,32+,34-,35+,36+,37?,39?,45+,46-,47+/m0/s1. The number of methoxy groups -OCH3 is 1. The topological polar surface area (TPSA) is 231 Å². The van der Waals surface area contributed by atoms with Gasteiger partial charge < -0.3 is 49.1 Å². The molecule has 3 aromatic rings. The SMILES string of the molecule is COC(=O)O[C@@]12CO[C@@H]1C[C@H](O)[C@@]1(C)C(=O)[C@H](OC(C)=O)C3=C(C)[C@@H](OC(=O)[C@H](O)[C@@H](NC(=O)c4ccccc4)c4ccccc4)C[C@@](O)(C(OC(=O)c4ccccc4)C12)C3(C)C. The monoisotopic (exact) mass is 869 g/mol. The highest BCUT2D eigenvalue weighted by molar-refractivity contribution is 5.96. The van der Waals surface area contributed by atoms with Gasteiger partial charge in [-0.25, -0.2) is 14.4 Å². The first kappa shape index (κ1) is 45.1. The molecule has 3 fully saturated rings. The van der Waals surface area contributed by atoms with E-state index in [9.17, 15) is 39.3 Å². The summed E-state index contributed by atoms with van der Waals surface area (Å²) in [6.07, 6.45) is -12.0. The number of rotatable bonds is 10. The molecule has 63 heavy (non-hydrogen) atoms. The van der Waals surface area contributed by atoms with Crippen molar-refractivity contribution in [3.8, 4) is 0 Å². The number of fused-ring (bicyclic) bond motifs is 5. The van der Waals surface area contributed by atoms with Gasteiger partial charge in [0.25, 0.3) is 5.91 Å². The fraction of sp³-hybridized carbons (Fsp3) is 0.447. The highest BCUT2D eigenvalue weighted by Crippen LogP contribution is 2.64. The van der Waals surface area contributed by atoms with Crippen LogP contribution in [0.2, 0.25) is 0 Å². The van der Waals surface area contributed by atoms with Crippen LogP contribution in [0.1, 0.15) is 79.8 Å². The van der Waals surface area contributed by atoms with Crippen molar-refractivity contribution in [1.29, 1.82) is 0 Å². The van der Waals surface area contributed by atoms with Gasteiger partial charge in [0.15, 0.2) is 23.6 Å². The largest absolute Gasteiger partial charge is 0.508 e. The molecule has 3 aromatic carbocycles. The van der Waals surface area contributed by atoms with E-state index in [-0.39, 0.29) is 35.3 Å². The number of carbonyl (C=O) groups excluding carboxylic acids is 6. The molecule has 4 N–H and O–H groups in total. The molecule has 7 rings (SSSR count). The number of aliphatic hydroxyl groups excluding tert-OH is 2. The molecule has 11 atom stereocenters. The van der Waals surface area contributed by atoms with E-state index in [2.05, 4.69) is 5.32 Å². The number of Topliss-reactive ketones (excluding diaryl/α,β-unsaturated/α-hetero) is 1. The zero-order valence-electron chi connectivity index (χ0n) is 35.6. The minimum absolute atomic E-state index is 0.0247. The molecule has 1 saturated heterocycles. The third-order valence-electron chi connectivity index (χ3n) is 13.6. The Labute approximate surface area is 363 Å². The van der Waals surface area contributed by atoms with Crippen molar-refractivity contribution in [2.24, 2.45) is 16.7 Å². The summed E-state index contributed by atoms with van der Waals surface area (Å²) < 4.78 is 35.1. The average Bonchev–Trinajstić information content (AvgIpc) is 3.26. The van der Waals surface area contributed by atoms with E-state index in [4.69, 9.17) is 28.4 Å². The van der Waals surface area contributed by atoms with Crippen LogP contribution < -0.4 is 5.32 Å². The third kappa shape index (κ3) is 7.58. The summed E-state index contributed by atoms with van der Waals surface area (Å²) in [4.78, 5) is 83.7. The van der Waals surface area contributed by atoms with Gasteiger partial charge in [0, 0.05) is 30.7 Å². The van der Waals surface area contributed by atoms with Crippen LogP contribution in [0.5, 0.6) is 0 Å². The van der Waals surface area contributed by atoms with Crippen LogP contribution in [0.25, 0.3) is 0 Å². The fourth-order valence-corrected chi connectivity index (χ4v) is 10.1. The number of ketones is 1. The maximum atomic E-state index is 15.5. The summed E-state index contributed by atoms with van der Waals surface area (Å²) >= 11 is 0. The second-order valence-electron chi connectivity index (χ2n) is 17.3. The first-order valence-corrected chi connectivity index (χ1v) is 20.6. The lowest BCUT2D eigenvalue weighted by Crippen LogP contribution is -2.82. The van der Waals surface area contributed by atoms with Gasteiger partial charge >= 0.3 is 24.1 Å². The van der Waals surface area contributed by atoms with Gasteiger partial charge in [-0.05, 0) is 54.8 Å².